The molecule has 18 heavy (non-hydrogen) atoms. The molecule has 0 aliphatic heterocycles. The minimum Gasteiger partial charge on any atom is -0.480 e. The van der Waals surface area contributed by atoms with Crippen LogP contribution in [0.25, 0.3) is 0 Å². The summed E-state index contributed by atoms with van der Waals surface area (Å²) in [4.78, 5) is 21.2. The molecule has 0 bridgehead atoms. The fraction of sp³-hybridized carbons (Fsp3) is 0.273. The number of hydrogen-bond acceptors (Lipinski definition) is 5. The highest BCUT2D eigenvalue weighted by molar-refractivity contribution is 5.87. The molecule has 1 aliphatic rings. The summed E-state index contributed by atoms with van der Waals surface area (Å²) in [7, 11) is 0. The van der Waals surface area contributed by atoms with Crippen LogP contribution in [0.15, 0.2) is 18.2 Å². The normalized spacial score (nSPS) is 15.5. The molecular weight excluding hydrogens is 238 g/mol. The predicted octanol–water partition coefficient (Wildman–Crippen LogP) is 1.50. The first-order valence-corrected chi connectivity index (χ1v) is 5.19. The first-order chi connectivity index (χ1) is 8.48. The van der Waals surface area contributed by atoms with Crippen LogP contribution in [0.5, 0.6) is 0 Å². The number of carboxylic acid groups (broad SMARTS) is 1. The van der Waals surface area contributed by atoms with Crippen LogP contribution >= 0.6 is 0 Å². The van der Waals surface area contributed by atoms with Crippen molar-refractivity contribution in [2.45, 2.75) is 18.4 Å². The molecular formula is C11H9N3O4. The Balaban J connectivity index is 2.37. The van der Waals surface area contributed by atoms with Crippen LogP contribution in [0.2, 0.25) is 0 Å². The van der Waals surface area contributed by atoms with E-state index in [-0.39, 0.29) is 16.9 Å². The quantitative estimate of drug-likeness (QED) is 0.615. The number of carbonyl (C=O) groups is 1. The number of benzene rings is 1. The van der Waals surface area contributed by atoms with E-state index in [0.717, 1.165) is 6.07 Å². The summed E-state index contributed by atoms with van der Waals surface area (Å²) in [5.41, 5.74) is -1.10. The summed E-state index contributed by atoms with van der Waals surface area (Å²) >= 11 is 0. The summed E-state index contributed by atoms with van der Waals surface area (Å²) < 4.78 is 0. The second-order valence-electron chi connectivity index (χ2n) is 4.11. The largest absolute Gasteiger partial charge is 0.480 e. The zero-order valence-corrected chi connectivity index (χ0v) is 9.21. The molecule has 0 heterocycles. The third-order valence-electron chi connectivity index (χ3n) is 2.86. The third kappa shape index (κ3) is 1.96. The van der Waals surface area contributed by atoms with Crippen molar-refractivity contribution >= 4 is 17.3 Å². The van der Waals surface area contributed by atoms with Crippen molar-refractivity contribution in [3.8, 4) is 6.07 Å². The molecule has 0 amide bonds. The number of nitrogens with one attached hydrogen (secondary N) is 1. The number of carboxylic acids is 1. The number of nitro groups is 1. The van der Waals surface area contributed by atoms with Crippen LogP contribution in [0.4, 0.5) is 11.4 Å². The molecule has 1 aromatic rings. The molecule has 1 aromatic carbocycles. The molecule has 1 fully saturated rings. The summed E-state index contributed by atoms with van der Waals surface area (Å²) in [6, 6.07) is 5.70. The fourth-order valence-electron chi connectivity index (χ4n) is 1.63. The second-order valence-corrected chi connectivity index (χ2v) is 4.11. The van der Waals surface area contributed by atoms with Gasteiger partial charge in [0.1, 0.15) is 11.2 Å². The molecule has 1 saturated carbocycles. The molecule has 92 valence electrons. The number of rotatable bonds is 4. The lowest BCUT2D eigenvalue weighted by atomic mass is 10.1. The lowest BCUT2D eigenvalue weighted by molar-refractivity contribution is -0.384. The number of nitriles is 1. The molecule has 0 aromatic heterocycles. The molecule has 1 aliphatic carbocycles. The van der Waals surface area contributed by atoms with Crippen molar-refractivity contribution < 1.29 is 14.8 Å². The van der Waals surface area contributed by atoms with Crippen LogP contribution in [-0.4, -0.2) is 21.5 Å². The Bertz CT molecular complexity index is 572. The van der Waals surface area contributed by atoms with Gasteiger partial charge in [0, 0.05) is 6.07 Å². The van der Waals surface area contributed by atoms with Gasteiger partial charge in [-0.25, -0.2) is 4.79 Å². The smallest absolute Gasteiger partial charge is 0.329 e. The first kappa shape index (κ1) is 11.9. The average Bonchev–Trinajstić information content (AvgIpc) is 3.10. The van der Waals surface area contributed by atoms with Gasteiger partial charge in [-0.1, -0.05) is 0 Å². The first-order valence-electron chi connectivity index (χ1n) is 5.19. The highest BCUT2D eigenvalue weighted by Crippen LogP contribution is 2.41. The monoisotopic (exact) mass is 247 g/mol. The van der Waals surface area contributed by atoms with E-state index in [9.17, 15) is 14.9 Å². The Morgan fingerprint density at radius 3 is 2.67 bits per heavy atom. The van der Waals surface area contributed by atoms with E-state index in [1.807, 2.05) is 0 Å². The molecule has 2 N–H and O–H groups in total. The summed E-state index contributed by atoms with van der Waals surface area (Å²) in [6.07, 6.45) is 0.860. The maximum atomic E-state index is 11.0. The zero-order valence-electron chi connectivity index (χ0n) is 9.21. The van der Waals surface area contributed by atoms with Gasteiger partial charge in [-0.05, 0) is 25.0 Å². The van der Waals surface area contributed by atoms with Crippen LogP contribution in [-0.2, 0) is 4.79 Å². The highest BCUT2D eigenvalue weighted by Gasteiger charge is 2.51. The van der Waals surface area contributed by atoms with Gasteiger partial charge in [-0.15, -0.1) is 0 Å². The Labute approximate surface area is 102 Å². The average molecular weight is 247 g/mol. The van der Waals surface area contributed by atoms with Gasteiger partial charge in [0.05, 0.1) is 16.6 Å². The van der Waals surface area contributed by atoms with E-state index in [2.05, 4.69) is 5.32 Å². The van der Waals surface area contributed by atoms with E-state index in [1.54, 1.807) is 6.07 Å². The second kappa shape index (κ2) is 4.00. The molecule has 7 nitrogen and oxygen atoms in total. The van der Waals surface area contributed by atoms with Crippen molar-refractivity contribution in [2.75, 3.05) is 5.32 Å². The number of hydrogen-bond donors (Lipinski definition) is 2. The number of nitrogens with zero attached hydrogens (tertiary/aromatic N) is 2. The van der Waals surface area contributed by atoms with Gasteiger partial charge in [0.2, 0.25) is 0 Å². The van der Waals surface area contributed by atoms with Crippen LogP contribution in [0.1, 0.15) is 18.4 Å². The molecule has 0 spiro atoms. The van der Waals surface area contributed by atoms with Gasteiger partial charge in [-0.3, -0.25) is 10.1 Å². The Hall–Kier alpha value is -2.62. The van der Waals surface area contributed by atoms with Crippen molar-refractivity contribution in [1.82, 2.24) is 0 Å². The highest BCUT2D eigenvalue weighted by atomic mass is 16.6. The van der Waals surface area contributed by atoms with Crippen LogP contribution < -0.4 is 5.32 Å². The van der Waals surface area contributed by atoms with Crippen molar-refractivity contribution in [2.24, 2.45) is 0 Å². The maximum absolute atomic E-state index is 11.0. The molecule has 0 unspecified atom stereocenters. The SMILES string of the molecule is N#Cc1ccc(NC2(C(=O)O)CC2)c([N+](=O)[O-])c1. The number of aliphatic carboxylic acids is 1. The van der Waals surface area contributed by atoms with E-state index in [4.69, 9.17) is 10.4 Å². The van der Waals surface area contributed by atoms with E-state index in [1.165, 1.54) is 12.1 Å². The van der Waals surface area contributed by atoms with E-state index >= 15 is 0 Å². The Morgan fingerprint density at radius 2 is 2.22 bits per heavy atom. The van der Waals surface area contributed by atoms with Crippen molar-refractivity contribution in [3.05, 3.63) is 33.9 Å². The predicted molar refractivity (Wildman–Crippen MR) is 61.0 cm³/mol. The van der Waals surface area contributed by atoms with Crippen molar-refractivity contribution in [3.63, 3.8) is 0 Å². The summed E-state index contributed by atoms with van der Waals surface area (Å²) in [5.74, 6) is -1.03. The van der Waals surface area contributed by atoms with Crippen LogP contribution in [0, 0.1) is 21.4 Å². The standard InChI is InChI=1S/C11H9N3O4/c12-6-7-1-2-8(9(5-7)14(17)18)13-11(3-4-11)10(15)16/h1-2,5,13H,3-4H2,(H,15,16). The lowest BCUT2D eigenvalue weighted by Crippen LogP contribution is -2.31. The van der Waals surface area contributed by atoms with E-state index in [0.29, 0.717) is 12.8 Å². The topological polar surface area (TPSA) is 116 Å². The Kier molecular flexibility index (Phi) is 2.63. The minimum absolute atomic E-state index is 0.124. The maximum Gasteiger partial charge on any atom is 0.329 e. The fourth-order valence-corrected chi connectivity index (χ4v) is 1.63. The molecule has 0 radical (unpaired) electrons. The molecule has 0 atom stereocenters. The molecule has 7 heteroatoms. The van der Waals surface area contributed by atoms with Crippen molar-refractivity contribution in [1.29, 1.82) is 5.26 Å². The van der Waals surface area contributed by atoms with Crippen LogP contribution in [0.3, 0.4) is 0 Å². The van der Waals surface area contributed by atoms with Gasteiger partial charge in [-0.2, -0.15) is 5.26 Å². The molecule has 0 saturated heterocycles. The minimum atomic E-state index is -1.10. The van der Waals surface area contributed by atoms with Gasteiger partial charge in [0.15, 0.2) is 0 Å². The van der Waals surface area contributed by atoms with E-state index < -0.39 is 16.4 Å². The summed E-state index contributed by atoms with van der Waals surface area (Å²) in [6.45, 7) is 0. The molecule has 2 rings (SSSR count). The number of nitro benzene ring substituents is 1. The third-order valence-corrected chi connectivity index (χ3v) is 2.86. The lowest BCUT2D eigenvalue weighted by Gasteiger charge is -2.13. The Morgan fingerprint density at radius 1 is 1.56 bits per heavy atom. The van der Waals surface area contributed by atoms with Gasteiger partial charge in [0.25, 0.3) is 5.69 Å². The van der Waals surface area contributed by atoms with Gasteiger partial charge >= 0.3 is 5.97 Å². The number of anilines is 1. The van der Waals surface area contributed by atoms with Gasteiger partial charge < -0.3 is 10.4 Å². The zero-order chi connectivity index (χ0) is 13.3. The summed E-state index contributed by atoms with van der Waals surface area (Å²) in [5, 5.41) is 31.2.